The van der Waals surface area contributed by atoms with Crippen LogP contribution in [0.15, 0.2) is 60.7 Å². The molecule has 0 fully saturated rings. The van der Waals surface area contributed by atoms with E-state index in [-0.39, 0.29) is 22.3 Å². The van der Waals surface area contributed by atoms with Crippen molar-refractivity contribution in [3.8, 4) is 0 Å². The second-order valence-corrected chi connectivity index (χ2v) is 6.98. The van der Waals surface area contributed by atoms with Crippen LogP contribution in [0, 0.1) is 19.7 Å². The standard InChI is InChI=1S/C23H18F4N2O2/c1-13-10-16(23(25,26)27)11-14(2)20(13)22(31)29-19-5-3-4-18(12-19)28-21(30)15-6-8-17(24)9-7-15/h3-12H,1-2H3,(H,28,30)(H,29,31). The number of alkyl halides is 3. The monoisotopic (exact) mass is 430 g/mol. The van der Waals surface area contributed by atoms with Gasteiger partial charge in [-0.25, -0.2) is 4.39 Å². The van der Waals surface area contributed by atoms with Crippen molar-refractivity contribution in [1.29, 1.82) is 0 Å². The van der Waals surface area contributed by atoms with Crippen molar-refractivity contribution >= 4 is 23.2 Å². The molecule has 4 nitrogen and oxygen atoms in total. The Labute approximate surface area is 175 Å². The quantitative estimate of drug-likeness (QED) is 0.502. The maximum Gasteiger partial charge on any atom is 0.416 e. The Morgan fingerprint density at radius 3 is 1.81 bits per heavy atom. The number of hydrogen-bond acceptors (Lipinski definition) is 2. The zero-order valence-corrected chi connectivity index (χ0v) is 16.6. The Kier molecular flexibility index (Phi) is 6.10. The molecular weight excluding hydrogens is 412 g/mol. The first-order valence-corrected chi connectivity index (χ1v) is 9.21. The van der Waals surface area contributed by atoms with E-state index in [0.717, 1.165) is 12.1 Å². The molecule has 0 spiro atoms. The van der Waals surface area contributed by atoms with Gasteiger partial charge in [-0.05, 0) is 79.6 Å². The fourth-order valence-corrected chi connectivity index (χ4v) is 3.16. The van der Waals surface area contributed by atoms with Gasteiger partial charge in [0.05, 0.1) is 5.56 Å². The summed E-state index contributed by atoms with van der Waals surface area (Å²) in [5, 5.41) is 5.28. The summed E-state index contributed by atoms with van der Waals surface area (Å²) in [7, 11) is 0. The van der Waals surface area contributed by atoms with E-state index in [1.807, 2.05) is 0 Å². The first-order valence-electron chi connectivity index (χ1n) is 9.21. The van der Waals surface area contributed by atoms with E-state index in [1.54, 1.807) is 18.2 Å². The van der Waals surface area contributed by atoms with E-state index in [2.05, 4.69) is 10.6 Å². The van der Waals surface area contributed by atoms with Gasteiger partial charge in [0, 0.05) is 22.5 Å². The van der Waals surface area contributed by atoms with Gasteiger partial charge < -0.3 is 10.6 Å². The molecule has 8 heteroatoms. The van der Waals surface area contributed by atoms with E-state index >= 15 is 0 Å². The summed E-state index contributed by atoms with van der Waals surface area (Å²) in [6.45, 7) is 2.88. The molecule has 160 valence electrons. The van der Waals surface area contributed by atoms with E-state index < -0.39 is 29.4 Å². The topological polar surface area (TPSA) is 58.2 Å². The molecule has 0 saturated carbocycles. The van der Waals surface area contributed by atoms with Crippen LogP contribution in [0.1, 0.15) is 37.4 Å². The van der Waals surface area contributed by atoms with Crippen LogP contribution < -0.4 is 10.6 Å². The summed E-state index contributed by atoms with van der Waals surface area (Å²) < 4.78 is 51.9. The minimum absolute atomic E-state index is 0.147. The van der Waals surface area contributed by atoms with Crippen molar-refractivity contribution in [2.45, 2.75) is 20.0 Å². The second kappa shape index (κ2) is 8.59. The Hall–Kier alpha value is -3.68. The summed E-state index contributed by atoms with van der Waals surface area (Å²) >= 11 is 0. The van der Waals surface area contributed by atoms with Crippen molar-refractivity contribution in [3.05, 3.63) is 94.3 Å². The normalized spacial score (nSPS) is 11.2. The van der Waals surface area contributed by atoms with Gasteiger partial charge in [-0.15, -0.1) is 0 Å². The van der Waals surface area contributed by atoms with E-state index in [1.165, 1.54) is 44.2 Å². The van der Waals surface area contributed by atoms with Gasteiger partial charge in [-0.2, -0.15) is 13.2 Å². The lowest BCUT2D eigenvalue weighted by Gasteiger charge is -2.15. The van der Waals surface area contributed by atoms with Gasteiger partial charge >= 0.3 is 6.18 Å². The zero-order chi connectivity index (χ0) is 22.8. The molecular formula is C23H18F4N2O2. The predicted octanol–water partition coefficient (Wildman–Crippen LogP) is 5.97. The minimum atomic E-state index is -4.50. The molecule has 0 saturated heterocycles. The zero-order valence-electron chi connectivity index (χ0n) is 16.6. The molecule has 0 heterocycles. The maximum atomic E-state index is 13.0. The molecule has 3 aromatic carbocycles. The Balaban J connectivity index is 1.77. The highest BCUT2D eigenvalue weighted by Gasteiger charge is 2.32. The number of halogens is 4. The van der Waals surface area contributed by atoms with Crippen LogP contribution >= 0.6 is 0 Å². The Morgan fingerprint density at radius 1 is 0.774 bits per heavy atom. The number of carbonyl (C=O) groups is 2. The maximum absolute atomic E-state index is 13.0. The van der Waals surface area contributed by atoms with Gasteiger partial charge in [-0.3, -0.25) is 9.59 Å². The van der Waals surface area contributed by atoms with Gasteiger partial charge in [0.2, 0.25) is 0 Å². The van der Waals surface area contributed by atoms with Gasteiger partial charge in [-0.1, -0.05) is 6.07 Å². The van der Waals surface area contributed by atoms with Crippen LogP contribution in [-0.4, -0.2) is 11.8 Å². The summed E-state index contributed by atoms with van der Waals surface area (Å²) in [4.78, 5) is 25.0. The van der Waals surface area contributed by atoms with Crippen LogP contribution in [0.4, 0.5) is 28.9 Å². The molecule has 0 unspecified atom stereocenters. The number of aryl methyl sites for hydroxylation is 2. The number of amides is 2. The van der Waals surface area contributed by atoms with Crippen LogP contribution in [0.2, 0.25) is 0 Å². The van der Waals surface area contributed by atoms with Crippen molar-refractivity contribution in [3.63, 3.8) is 0 Å². The van der Waals surface area contributed by atoms with E-state index in [9.17, 15) is 27.2 Å². The molecule has 0 aromatic heterocycles. The number of anilines is 2. The van der Waals surface area contributed by atoms with Gasteiger partial charge in [0.15, 0.2) is 0 Å². The summed E-state index contributed by atoms with van der Waals surface area (Å²) in [6.07, 6.45) is -4.50. The largest absolute Gasteiger partial charge is 0.416 e. The molecule has 0 aliphatic rings. The SMILES string of the molecule is Cc1cc(C(F)(F)F)cc(C)c1C(=O)Nc1cccc(NC(=O)c2ccc(F)cc2)c1. The number of hydrogen-bond donors (Lipinski definition) is 2. The molecule has 31 heavy (non-hydrogen) atoms. The van der Waals surface area contributed by atoms with E-state index in [4.69, 9.17) is 0 Å². The highest BCUT2D eigenvalue weighted by molar-refractivity contribution is 6.07. The molecule has 3 rings (SSSR count). The Bertz CT molecular complexity index is 1120. The molecule has 2 N–H and O–H groups in total. The highest BCUT2D eigenvalue weighted by atomic mass is 19.4. The fraction of sp³-hybridized carbons (Fsp3) is 0.130. The molecule has 0 aliphatic heterocycles. The smallest absolute Gasteiger partial charge is 0.322 e. The minimum Gasteiger partial charge on any atom is -0.322 e. The van der Waals surface area contributed by atoms with Crippen LogP contribution in [0.25, 0.3) is 0 Å². The van der Waals surface area contributed by atoms with Crippen LogP contribution in [-0.2, 0) is 6.18 Å². The molecule has 2 amide bonds. The number of rotatable bonds is 4. The van der Waals surface area contributed by atoms with Gasteiger partial charge in [0.1, 0.15) is 5.82 Å². The van der Waals surface area contributed by atoms with Crippen LogP contribution in [0.3, 0.4) is 0 Å². The lowest BCUT2D eigenvalue weighted by atomic mass is 9.98. The molecule has 0 radical (unpaired) electrons. The molecule has 0 bridgehead atoms. The van der Waals surface area contributed by atoms with Crippen molar-refractivity contribution in [1.82, 2.24) is 0 Å². The van der Waals surface area contributed by atoms with Crippen LogP contribution in [0.5, 0.6) is 0 Å². The highest BCUT2D eigenvalue weighted by Crippen LogP contribution is 2.32. The summed E-state index contributed by atoms with van der Waals surface area (Å²) in [5.74, 6) is -1.49. The first-order chi connectivity index (χ1) is 14.5. The second-order valence-electron chi connectivity index (χ2n) is 6.98. The van der Waals surface area contributed by atoms with Gasteiger partial charge in [0.25, 0.3) is 11.8 Å². The van der Waals surface area contributed by atoms with Crippen molar-refractivity contribution in [2.24, 2.45) is 0 Å². The molecule has 0 aliphatic carbocycles. The lowest BCUT2D eigenvalue weighted by Crippen LogP contribution is -2.17. The average Bonchev–Trinajstić information content (AvgIpc) is 2.67. The van der Waals surface area contributed by atoms with Crippen molar-refractivity contribution < 1.29 is 27.2 Å². The Morgan fingerprint density at radius 2 is 1.29 bits per heavy atom. The number of benzene rings is 3. The first kappa shape index (κ1) is 22.0. The lowest BCUT2D eigenvalue weighted by molar-refractivity contribution is -0.137. The fourth-order valence-electron chi connectivity index (χ4n) is 3.16. The third kappa shape index (κ3) is 5.28. The molecule has 0 atom stereocenters. The number of nitrogens with one attached hydrogen (secondary N) is 2. The summed E-state index contributed by atoms with van der Waals surface area (Å²) in [6, 6.07) is 13.2. The summed E-state index contributed by atoms with van der Waals surface area (Å²) in [5.41, 5.74) is 0.718. The third-order valence-corrected chi connectivity index (χ3v) is 4.57. The van der Waals surface area contributed by atoms with Crippen molar-refractivity contribution in [2.75, 3.05) is 10.6 Å². The van der Waals surface area contributed by atoms with E-state index in [0.29, 0.717) is 11.4 Å². The molecule has 3 aromatic rings. The average molecular weight is 430 g/mol. The predicted molar refractivity (Wildman–Crippen MR) is 110 cm³/mol. The number of carbonyl (C=O) groups excluding carboxylic acids is 2. The third-order valence-electron chi connectivity index (χ3n) is 4.57.